The van der Waals surface area contributed by atoms with Crippen molar-refractivity contribution in [2.24, 2.45) is 11.1 Å². The molecule has 4 rings (SSSR count). The van der Waals surface area contributed by atoms with Crippen molar-refractivity contribution in [3.8, 4) is 11.3 Å². The molecule has 1 fully saturated rings. The van der Waals surface area contributed by atoms with Crippen LogP contribution in [0.2, 0.25) is 5.02 Å². The normalized spacial score (nSPS) is 16.9. The van der Waals surface area contributed by atoms with Gasteiger partial charge in [0, 0.05) is 33.9 Å². The maximum absolute atomic E-state index is 15.2. The molecule has 1 amide bonds. The number of likely N-dealkylation sites (tertiary alicyclic amines) is 1. The fourth-order valence-electron chi connectivity index (χ4n) is 4.21. The molecule has 8 nitrogen and oxygen atoms in total. The summed E-state index contributed by atoms with van der Waals surface area (Å²) in [6.07, 6.45) is 3.64. The Balaban J connectivity index is 1.82. The van der Waals surface area contributed by atoms with E-state index in [0.717, 1.165) is 24.6 Å². The lowest BCUT2D eigenvalue weighted by atomic mass is 9.92. The van der Waals surface area contributed by atoms with Gasteiger partial charge in [-0.05, 0) is 66.0 Å². The van der Waals surface area contributed by atoms with Crippen LogP contribution < -0.4 is 5.14 Å². The maximum atomic E-state index is 15.2. The van der Waals surface area contributed by atoms with Gasteiger partial charge in [-0.15, -0.1) is 0 Å². The molecule has 3 heterocycles. The van der Waals surface area contributed by atoms with E-state index in [1.807, 2.05) is 27.0 Å². The summed E-state index contributed by atoms with van der Waals surface area (Å²) in [6, 6.07) is 5.64. The number of amides is 1. The van der Waals surface area contributed by atoms with Gasteiger partial charge in [-0.1, -0.05) is 11.6 Å². The minimum Gasteiger partial charge on any atom is -0.453 e. The van der Waals surface area contributed by atoms with Crippen LogP contribution in [0.15, 0.2) is 35.4 Å². The molecule has 0 unspecified atom stereocenters. The fourth-order valence-corrected chi connectivity index (χ4v) is 5.97. The fraction of sp³-hybridized carbons (Fsp3) is 0.333. The zero-order valence-corrected chi connectivity index (χ0v) is 21.3. The number of fused-ring (bicyclic) bond motifs is 1. The van der Waals surface area contributed by atoms with Crippen molar-refractivity contribution >= 4 is 56.0 Å². The van der Waals surface area contributed by atoms with Crippen LogP contribution in [0.4, 0.5) is 9.18 Å². The predicted molar refractivity (Wildman–Crippen MR) is 130 cm³/mol. The molecular weight excluding hydrogens is 586 g/mol. The molecule has 3 aromatic rings. The second-order valence-corrected chi connectivity index (χ2v) is 11.1. The highest BCUT2D eigenvalue weighted by Crippen LogP contribution is 2.35. The summed E-state index contributed by atoms with van der Waals surface area (Å²) in [7, 11) is -2.71. The Labute approximate surface area is 209 Å². The molecule has 1 aromatic carbocycles. The highest BCUT2D eigenvalue weighted by molar-refractivity contribution is 14.1. The van der Waals surface area contributed by atoms with E-state index in [9.17, 15) is 13.2 Å². The van der Waals surface area contributed by atoms with Gasteiger partial charge in [-0.3, -0.25) is 0 Å². The number of rotatable bonds is 4. The number of nitrogens with zero attached hydrogens (tertiary/aromatic N) is 3. The summed E-state index contributed by atoms with van der Waals surface area (Å²) in [5, 5.41) is 5.68. The largest absolute Gasteiger partial charge is 0.453 e. The monoisotopic (exact) mass is 606 g/mol. The van der Waals surface area contributed by atoms with E-state index < -0.39 is 15.8 Å². The lowest BCUT2D eigenvalue weighted by molar-refractivity contribution is 0.102. The molecule has 1 atom stereocenters. The number of primary sulfonamides is 1. The molecule has 33 heavy (non-hydrogen) atoms. The molecule has 2 N–H and O–H groups in total. The van der Waals surface area contributed by atoms with Gasteiger partial charge in [0.2, 0.25) is 10.0 Å². The molecule has 0 radical (unpaired) electrons. The minimum atomic E-state index is -4.06. The van der Waals surface area contributed by atoms with Crippen molar-refractivity contribution in [1.29, 1.82) is 0 Å². The first-order chi connectivity index (χ1) is 15.6. The quantitative estimate of drug-likeness (QED) is 0.451. The van der Waals surface area contributed by atoms with E-state index in [-0.39, 0.29) is 22.5 Å². The molecular formula is C21H21ClFIN4O4S. The van der Waals surface area contributed by atoms with Crippen LogP contribution in [-0.4, -0.2) is 49.0 Å². The summed E-state index contributed by atoms with van der Waals surface area (Å²) in [5.74, 6) is -0.627. The Morgan fingerprint density at radius 1 is 1.39 bits per heavy atom. The Morgan fingerprint density at radius 2 is 2.15 bits per heavy atom. The molecule has 0 saturated carbocycles. The first-order valence-corrected chi connectivity index (χ1v) is 13.1. The van der Waals surface area contributed by atoms with Crippen LogP contribution >= 0.6 is 34.2 Å². The highest BCUT2D eigenvalue weighted by Gasteiger charge is 2.28. The van der Waals surface area contributed by atoms with E-state index >= 15 is 4.39 Å². The Hall–Kier alpha value is -1.96. The van der Waals surface area contributed by atoms with Crippen molar-refractivity contribution in [2.75, 3.05) is 20.2 Å². The molecule has 0 spiro atoms. The maximum Gasteiger partial charge on any atom is 0.409 e. The molecule has 176 valence electrons. The van der Waals surface area contributed by atoms with Crippen LogP contribution in [0.3, 0.4) is 0 Å². The summed E-state index contributed by atoms with van der Waals surface area (Å²) < 4.78 is 45.8. The molecule has 2 aromatic heterocycles. The number of nitrogens with two attached hydrogens (primary N) is 1. The van der Waals surface area contributed by atoms with Crippen molar-refractivity contribution in [2.45, 2.75) is 24.2 Å². The number of methoxy groups -OCH3 is 1. The van der Waals surface area contributed by atoms with Crippen LogP contribution in [0.25, 0.3) is 16.9 Å². The lowest BCUT2D eigenvalue weighted by Crippen LogP contribution is -2.40. The first kappa shape index (κ1) is 24.2. The second-order valence-electron chi connectivity index (χ2n) is 7.92. The average molecular weight is 607 g/mol. The number of aromatic nitrogens is 2. The zero-order chi connectivity index (χ0) is 23.9. The number of benzene rings is 1. The van der Waals surface area contributed by atoms with Crippen LogP contribution in [0, 0.1) is 15.3 Å². The summed E-state index contributed by atoms with van der Waals surface area (Å²) in [4.78, 5) is 18.0. The van der Waals surface area contributed by atoms with Gasteiger partial charge in [0.05, 0.1) is 29.0 Å². The topological polar surface area (TPSA) is 107 Å². The van der Waals surface area contributed by atoms with Gasteiger partial charge >= 0.3 is 6.09 Å². The Bertz CT molecular complexity index is 1320. The molecule has 0 bridgehead atoms. The number of imidazole rings is 1. The van der Waals surface area contributed by atoms with E-state index in [1.165, 1.54) is 13.2 Å². The van der Waals surface area contributed by atoms with Crippen molar-refractivity contribution in [3.63, 3.8) is 0 Å². The van der Waals surface area contributed by atoms with Gasteiger partial charge in [0.25, 0.3) is 0 Å². The number of carbonyl (C=O) groups excluding carboxylic acids is 1. The van der Waals surface area contributed by atoms with Gasteiger partial charge in [-0.2, -0.15) is 0 Å². The lowest BCUT2D eigenvalue weighted by Gasteiger charge is -2.31. The molecule has 1 aliphatic heterocycles. The number of ether oxygens (including phenoxy) is 1. The third-order valence-corrected chi connectivity index (χ3v) is 7.68. The van der Waals surface area contributed by atoms with Gasteiger partial charge in [0.1, 0.15) is 11.5 Å². The van der Waals surface area contributed by atoms with Gasteiger partial charge in [-0.25, -0.2) is 27.7 Å². The number of pyridine rings is 1. The predicted octanol–water partition coefficient (Wildman–Crippen LogP) is 4.07. The second kappa shape index (κ2) is 9.35. The van der Waals surface area contributed by atoms with E-state index in [0.29, 0.717) is 39.4 Å². The summed E-state index contributed by atoms with van der Waals surface area (Å²) >= 11 is 8.04. The molecule has 1 aliphatic rings. The Morgan fingerprint density at radius 3 is 2.82 bits per heavy atom. The minimum absolute atomic E-state index is 0.108. The molecule has 1 saturated heterocycles. The number of carbonyl (C=O) groups is 1. The van der Waals surface area contributed by atoms with Crippen LogP contribution in [-0.2, 0) is 21.2 Å². The Kier molecular flexibility index (Phi) is 6.85. The van der Waals surface area contributed by atoms with E-state index in [1.54, 1.807) is 23.2 Å². The average Bonchev–Trinajstić information content (AvgIpc) is 3.09. The molecule has 12 heteroatoms. The standard InChI is InChI=1S/C21H21ClFIN4O4S/c1-32-21(29)27-5-2-3-12(11-27)7-17-20(26-18-8-13(22)4-6-28(17)18)19-15(23)9-14(10-16(19)24)33(25,30)31/h4,6,8-10,12H,2-3,5,7,11H2,1H3,(H2,25,30,31)/t12-/m0/s1. The number of hydrogen-bond acceptors (Lipinski definition) is 5. The van der Waals surface area contributed by atoms with Gasteiger partial charge < -0.3 is 14.0 Å². The van der Waals surface area contributed by atoms with E-state index in [2.05, 4.69) is 4.98 Å². The number of hydrogen-bond donors (Lipinski definition) is 1. The first-order valence-electron chi connectivity index (χ1n) is 10.1. The van der Waals surface area contributed by atoms with Crippen LogP contribution in [0.1, 0.15) is 18.5 Å². The van der Waals surface area contributed by atoms with Crippen molar-refractivity contribution < 1.29 is 22.3 Å². The van der Waals surface area contributed by atoms with Crippen molar-refractivity contribution in [3.05, 3.63) is 50.6 Å². The van der Waals surface area contributed by atoms with Crippen molar-refractivity contribution in [1.82, 2.24) is 14.3 Å². The SMILES string of the molecule is COC(=O)N1CCC[C@@H](Cc2c(-c3c(F)cc(S(N)(=O)=O)cc3I)nc3cc(Cl)ccn23)C1. The molecule has 0 aliphatic carbocycles. The third kappa shape index (κ3) is 4.96. The zero-order valence-electron chi connectivity index (χ0n) is 17.6. The number of sulfonamides is 1. The third-order valence-electron chi connectivity index (χ3n) is 5.70. The summed E-state index contributed by atoms with van der Waals surface area (Å²) in [5.41, 5.74) is 1.88. The summed E-state index contributed by atoms with van der Waals surface area (Å²) in [6.45, 7) is 1.14. The smallest absolute Gasteiger partial charge is 0.409 e. The number of piperidine rings is 1. The van der Waals surface area contributed by atoms with Gasteiger partial charge in [0.15, 0.2) is 0 Å². The highest BCUT2D eigenvalue weighted by atomic mass is 127. The van der Waals surface area contributed by atoms with E-state index in [4.69, 9.17) is 21.5 Å². The number of halogens is 3. The van der Waals surface area contributed by atoms with Crippen LogP contribution in [0.5, 0.6) is 0 Å².